The molecule has 1 aliphatic heterocycles. The highest BCUT2D eigenvalue weighted by molar-refractivity contribution is 9.09. The van der Waals surface area contributed by atoms with Gasteiger partial charge < -0.3 is 4.90 Å². The summed E-state index contributed by atoms with van der Waals surface area (Å²) < 4.78 is 0. The Kier molecular flexibility index (Phi) is 5.66. The summed E-state index contributed by atoms with van der Waals surface area (Å²) in [5, 5.41) is 9.20. The molecule has 15 heavy (non-hydrogen) atoms. The van der Waals surface area contributed by atoms with Crippen LogP contribution in [0.5, 0.6) is 0 Å². The predicted octanol–water partition coefficient (Wildman–Crippen LogP) is 0.829. The molecule has 0 aromatic rings. The summed E-state index contributed by atoms with van der Waals surface area (Å²) in [6, 6.07) is 2.14. The summed E-state index contributed by atoms with van der Waals surface area (Å²) >= 11 is 3.27. The maximum absolute atomic E-state index is 11.5. The maximum Gasteiger partial charge on any atom is 0.223 e. The Bertz CT molecular complexity index is 244. The van der Waals surface area contributed by atoms with Crippen molar-refractivity contribution in [3.63, 3.8) is 0 Å². The van der Waals surface area contributed by atoms with Crippen molar-refractivity contribution in [1.29, 1.82) is 5.26 Å². The largest absolute Gasteiger partial charge is 0.340 e. The first-order chi connectivity index (χ1) is 7.27. The van der Waals surface area contributed by atoms with E-state index in [0.29, 0.717) is 12.8 Å². The number of nitrogens with zero attached hydrogens (tertiary/aromatic N) is 3. The first-order valence-electron chi connectivity index (χ1n) is 5.21. The van der Waals surface area contributed by atoms with Crippen molar-refractivity contribution in [3.05, 3.63) is 0 Å². The molecule has 1 saturated heterocycles. The number of halogens is 1. The number of carbonyl (C=O) groups excluding carboxylic acids is 1. The fraction of sp³-hybridized carbons (Fsp3) is 0.800. The molecule has 4 nitrogen and oxygen atoms in total. The number of carbonyl (C=O) groups is 1. The Hall–Kier alpha value is -0.600. The molecule has 1 fully saturated rings. The van der Waals surface area contributed by atoms with Crippen molar-refractivity contribution >= 4 is 21.8 Å². The molecule has 0 aliphatic carbocycles. The van der Waals surface area contributed by atoms with Gasteiger partial charge in [0, 0.05) is 50.9 Å². The normalized spacial score (nSPS) is 17.5. The zero-order chi connectivity index (χ0) is 11.1. The Labute approximate surface area is 99.0 Å². The summed E-state index contributed by atoms with van der Waals surface area (Å²) in [6.07, 6.45) is 1.16. The Morgan fingerprint density at radius 1 is 1.33 bits per heavy atom. The van der Waals surface area contributed by atoms with Gasteiger partial charge in [0.2, 0.25) is 5.91 Å². The number of alkyl halides is 1. The first-order valence-corrected chi connectivity index (χ1v) is 6.33. The lowest BCUT2D eigenvalue weighted by Gasteiger charge is -2.34. The Morgan fingerprint density at radius 3 is 2.53 bits per heavy atom. The van der Waals surface area contributed by atoms with E-state index in [1.807, 2.05) is 4.90 Å². The van der Waals surface area contributed by atoms with Gasteiger partial charge in [-0.25, -0.2) is 0 Å². The lowest BCUT2D eigenvalue weighted by Crippen LogP contribution is -2.48. The first kappa shape index (κ1) is 12.5. The Balaban J connectivity index is 2.23. The average molecular weight is 274 g/mol. The van der Waals surface area contributed by atoms with Crippen LogP contribution in [0.3, 0.4) is 0 Å². The second-order valence-corrected chi connectivity index (χ2v) is 4.36. The zero-order valence-electron chi connectivity index (χ0n) is 8.78. The third kappa shape index (κ3) is 4.18. The van der Waals surface area contributed by atoms with Gasteiger partial charge in [-0.3, -0.25) is 9.69 Å². The van der Waals surface area contributed by atoms with Gasteiger partial charge in [-0.1, -0.05) is 15.9 Å². The van der Waals surface area contributed by atoms with E-state index < -0.39 is 0 Å². The molecule has 0 saturated carbocycles. The van der Waals surface area contributed by atoms with Crippen LogP contribution in [0, 0.1) is 11.3 Å². The van der Waals surface area contributed by atoms with Crippen LogP contribution in [0.1, 0.15) is 12.8 Å². The number of hydrogen-bond acceptors (Lipinski definition) is 3. The lowest BCUT2D eigenvalue weighted by molar-refractivity contribution is -0.132. The van der Waals surface area contributed by atoms with Gasteiger partial charge in [-0.15, -0.1) is 0 Å². The highest BCUT2D eigenvalue weighted by atomic mass is 79.9. The van der Waals surface area contributed by atoms with Crippen LogP contribution in [0.15, 0.2) is 0 Å². The van der Waals surface area contributed by atoms with Crippen LogP contribution in [-0.2, 0) is 4.79 Å². The number of rotatable bonds is 4. The monoisotopic (exact) mass is 273 g/mol. The smallest absolute Gasteiger partial charge is 0.223 e. The van der Waals surface area contributed by atoms with Crippen molar-refractivity contribution in [2.45, 2.75) is 12.8 Å². The van der Waals surface area contributed by atoms with Gasteiger partial charge in [0.05, 0.1) is 6.07 Å². The highest BCUT2D eigenvalue weighted by Gasteiger charge is 2.19. The molecule has 0 N–H and O–H groups in total. The lowest BCUT2D eigenvalue weighted by atomic mass is 10.2. The van der Waals surface area contributed by atoms with Crippen molar-refractivity contribution in [2.75, 3.05) is 38.1 Å². The van der Waals surface area contributed by atoms with Gasteiger partial charge in [0.1, 0.15) is 0 Å². The van der Waals surface area contributed by atoms with Crippen LogP contribution in [-0.4, -0.2) is 53.8 Å². The Morgan fingerprint density at radius 2 is 2.00 bits per heavy atom. The van der Waals surface area contributed by atoms with Crippen molar-refractivity contribution in [3.8, 4) is 6.07 Å². The molecule has 0 radical (unpaired) electrons. The topological polar surface area (TPSA) is 47.3 Å². The van der Waals surface area contributed by atoms with Crippen LogP contribution in [0.4, 0.5) is 0 Å². The minimum Gasteiger partial charge on any atom is -0.340 e. The SMILES string of the molecule is N#CCCN1CCN(C(=O)CCBr)CC1. The van der Waals surface area contributed by atoms with Crippen molar-refractivity contribution in [2.24, 2.45) is 0 Å². The summed E-state index contributed by atoms with van der Waals surface area (Å²) in [5.41, 5.74) is 0. The number of nitriles is 1. The van der Waals surface area contributed by atoms with Gasteiger partial charge in [0.15, 0.2) is 0 Å². The molecule has 1 aliphatic rings. The molecular formula is C10H16BrN3O. The van der Waals surface area contributed by atoms with Crippen molar-refractivity contribution < 1.29 is 4.79 Å². The minimum atomic E-state index is 0.229. The highest BCUT2D eigenvalue weighted by Crippen LogP contribution is 2.05. The summed E-state index contributed by atoms with van der Waals surface area (Å²) in [6.45, 7) is 4.23. The predicted molar refractivity (Wildman–Crippen MR) is 61.7 cm³/mol. The van der Waals surface area contributed by atoms with E-state index in [1.54, 1.807) is 0 Å². The minimum absolute atomic E-state index is 0.229. The molecule has 0 spiro atoms. The quantitative estimate of drug-likeness (QED) is 0.713. The standard InChI is InChI=1S/C10H16BrN3O/c11-3-2-10(15)14-8-6-13(7-9-14)5-1-4-12/h1-3,5-9H2. The van der Waals surface area contributed by atoms with Gasteiger partial charge in [0.25, 0.3) is 0 Å². The van der Waals surface area contributed by atoms with E-state index in [2.05, 4.69) is 26.9 Å². The molecule has 0 aromatic heterocycles. The molecule has 1 heterocycles. The molecule has 5 heteroatoms. The fourth-order valence-electron chi connectivity index (χ4n) is 1.67. The molecule has 1 rings (SSSR count). The summed E-state index contributed by atoms with van der Waals surface area (Å²) in [5.74, 6) is 0.229. The zero-order valence-corrected chi connectivity index (χ0v) is 10.4. The average Bonchev–Trinajstić information content (AvgIpc) is 2.27. The third-order valence-corrected chi connectivity index (χ3v) is 2.97. The van der Waals surface area contributed by atoms with Crippen LogP contribution < -0.4 is 0 Å². The second-order valence-electron chi connectivity index (χ2n) is 3.57. The third-order valence-electron chi connectivity index (χ3n) is 2.57. The number of amides is 1. The summed E-state index contributed by atoms with van der Waals surface area (Å²) in [4.78, 5) is 15.7. The van der Waals surface area contributed by atoms with Crippen LogP contribution in [0.25, 0.3) is 0 Å². The molecular weight excluding hydrogens is 258 g/mol. The molecule has 0 atom stereocenters. The molecule has 0 bridgehead atoms. The molecule has 0 unspecified atom stereocenters. The van der Waals surface area contributed by atoms with E-state index in [0.717, 1.165) is 38.1 Å². The second kappa shape index (κ2) is 6.81. The van der Waals surface area contributed by atoms with E-state index >= 15 is 0 Å². The van der Waals surface area contributed by atoms with Gasteiger partial charge in [-0.2, -0.15) is 5.26 Å². The van der Waals surface area contributed by atoms with E-state index in [1.165, 1.54) is 0 Å². The van der Waals surface area contributed by atoms with Crippen LogP contribution in [0.2, 0.25) is 0 Å². The van der Waals surface area contributed by atoms with Gasteiger partial charge in [-0.05, 0) is 0 Å². The van der Waals surface area contributed by atoms with Crippen molar-refractivity contribution in [1.82, 2.24) is 9.80 Å². The van der Waals surface area contributed by atoms with Gasteiger partial charge >= 0.3 is 0 Å². The van der Waals surface area contributed by atoms with E-state index in [4.69, 9.17) is 5.26 Å². The maximum atomic E-state index is 11.5. The number of hydrogen-bond donors (Lipinski definition) is 0. The van der Waals surface area contributed by atoms with Crippen LogP contribution >= 0.6 is 15.9 Å². The molecule has 1 amide bonds. The number of piperazine rings is 1. The molecule has 0 aromatic carbocycles. The van der Waals surface area contributed by atoms with E-state index in [-0.39, 0.29) is 5.91 Å². The fourth-order valence-corrected chi connectivity index (χ4v) is 2.01. The molecule has 84 valence electrons. The summed E-state index contributed by atoms with van der Waals surface area (Å²) in [7, 11) is 0. The van der Waals surface area contributed by atoms with E-state index in [9.17, 15) is 4.79 Å².